The maximum absolute atomic E-state index is 3.53. The molecule has 1 rings (SSSR count). The van der Waals surface area contributed by atoms with Gasteiger partial charge in [0.2, 0.25) is 0 Å². The molecule has 92 valence electrons. The largest absolute Gasteiger partial charge is 0.317 e. The van der Waals surface area contributed by atoms with E-state index in [1.165, 1.54) is 51.5 Å². The van der Waals surface area contributed by atoms with E-state index >= 15 is 0 Å². The average molecular weight is 234 g/mol. The highest BCUT2D eigenvalue weighted by Crippen LogP contribution is 2.31. The summed E-state index contributed by atoms with van der Waals surface area (Å²) in [4.78, 5) is 0. The van der Waals surface area contributed by atoms with Gasteiger partial charge in [0, 0.05) is 0 Å². The van der Waals surface area contributed by atoms with Gasteiger partial charge in [-0.15, -0.1) is 12.4 Å². The van der Waals surface area contributed by atoms with Gasteiger partial charge in [0.1, 0.15) is 0 Å². The summed E-state index contributed by atoms with van der Waals surface area (Å²) in [6.45, 7) is 6.92. The van der Waals surface area contributed by atoms with Crippen molar-refractivity contribution in [2.75, 3.05) is 13.1 Å². The molecule has 0 aromatic heterocycles. The van der Waals surface area contributed by atoms with Gasteiger partial charge < -0.3 is 5.32 Å². The Morgan fingerprint density at radius 3 is 2.33 bits per heavy atom. The predicted octanol–water partition coefficient (Wildman–Crippen LogP) is 4.01. The minimum atomic E-state index is 0. The smallest absolute Gasteiger partial charge is 0.00180 e. The Morgan fingerprint density at radius 1 is 1.13 bits per heavy atom. The molecule has 0 aromatic rings. The molecule has 15 heavy (non-hydrogen) atoms. The third kappa shape index (κ3) is 5.77. The summed E-state index contributed by atoms with van der Waals surface area (Å²) in [6, 6.07) is 0. The van der Waals surface area contributed by atoms with Gasteiger partial charge in [0.25, 0.3) is 0 Å². The van der Waals surface area contributed by atoms with Crippen LogP contribution in [0.3, 0.4) is 0 Å². The van der Waals surface area contributed by atoms with Crippen LogP contribution in [0.15, 0.2) is 0 Å². The predicted molar refractivity (Wildman–Crippen MR) is 70.8 cm³/mol. The van der Waals surface area contributed by atoms with Crippen LogP contribution in [-0.2, 0) is 0 Å². The lowest BCUT2D eigenvalue weighted by Gasteiger charge is -2.30. The fourth-order valence-corrected chi connectivity index (χ4v) is 2.81. The first-order valence-corrected chi connectivity index (χ1v) is 6.59. The van der Waals surface area contributed by atoms with Crippen LogP contribution in [0.25, 0.3) is 0 Å². The Morgan fingerprint density at radius 2 is 1.80 bits per heavy atom. The van der Waals surface area contributed by atoms with Gasteiger partial charge >= 0.3 is 0 Å². The second-order valence-electron chi connectivity index (χ2n) is 4.75. The topological polar surface area (TPSA) is 12.0 Å². The van der Waals surface area contributed by atoms with Gasteiger partial charge in [-0.25, -0.2) is 0 Å². The molecule has 1 atom stereocenters. The molecule has 1 saturated carbocycles. The first-order valence-electron chi connectivity index (χ1n) is 6.59. The number of hydrogen-bond donors (Lipinski definition) is 1. The zero-order valence-electron chi connectivity index (χ0n) is 10.4. The fraction of sp³-hybridized carbons (Fsp3) is 1.00. The molecule has 0 aliphatic heterocycles. The van der Waals surface area contributed by atoms with Gasteiger partial charge in [-0.05, 0) is 31.3 Å². The molecule has 2 heteroatoms. The van der Waals surface area contributed by atoms with Crippen molar-refractivity contribution in [3.05, 3.63) is 0 Å². The van der Waals surface area contributed by atoms with Crippen molar-refractivity contribution in [2.24, 2.45) is 11.8 Å². The van der Waals surface area contributed by atoms with E-state index in [0.717, 1.165) is 18.4 Å². The van der Waals surface area contributed by atoms with Crippen LogP contribution < -0.4 is 5.32 Å². The van der Waals surface area contributed by atoms with Crippen molar-refractivity contribution in [3.63, 3.8) is 0 Å². The van der Waals surface area contributed by atoms with Crippen molar-refractivity contribution in [1.29, 1.82) is 0 Å². The Labute approximate surface area is 102 Å². The molecule has 1 unspecified atom stereocenters. The van der Waals surface area contributed by atoms with Crippen LogP contribution in [0.1, 0.15) is 58.8 Å². The van der Waals surface area contributed by atoms with Gasteiger partial charge in [0.05, 0.1) is 0 Å². The number of halogens is 1. The van der Waals surface area contributed by atoms with E-state index in [1.807, 2.05) is 0 Å². The van der Waals surface area contributed by atoms with Gasteiger partial charge in [-0.3, -0.25) is 0 Å². The molecule has 1 nitrogen and oxygen atoms in total. The van der Waals surface area contributed by atoms with Crippen LogP contribution in [0.5, 0.6) is 0 Å². The Hall–Kier alpha value is 0.250. The maximum Gasteiger partial charge on any atom is -0.00180 e. The third-order valence-corrected chi connectivity index (χ3v) is 3.63. The van der Waals surface area contributed by atoms with Crippen LogP contribution in [0, 0.1) is 11.8 Å². The minimum Gasteiger partial charge on any atom is -0.317 e. The summed E-state index contributed by atoms with van der Waals surface area (Å²) < 4.78 is 0. The molecule has 0 bridgehead atoms. The van der Waals surface area contributed by atoms with Crippen molar-refractivity contribution >= 4 is 12.4 Å². The number of hydrogen-bond acceptors (Lipinski definition) is 1. The molecule has 0 heterocycles. The van der Waals surface area contributed by atoms with Crippen LogP contribution in [-0.4, -0.2) is 13.1 Å². The molecule has 1 fully saturated rings. The normalized spacial score (nSPS) is 19.6. The highest BCUT2D eigenvalue weighted by Gasteiger charge is 2.22. The summed E-state index contributed by atoms with van der Waals surface area (Å²) in [5, 5.41) is 3.53. The average Bonchev–Trinajstić information content (AvgIpc) is 2.25. The molecule has 0 radical (unpaired) electrons. The zero-order chi connectivity index (χ0) is 10.2. The van der Waals surface area contributed by atoms with E-state index in [-0.39, 0.29) is 12.4 Å². The first kappa shape index (κ1) is 15.2. The van der Waals surface area contributed by atoms with E-state index in [2.05, 4.69) is 19.2 Å². The van der Waals surface area contributed by atoms with Crippen LogP contribution in [0.2, 0.25) is 0 Å². The summed E-state index contributed by atoms with van der Waals surface area (Å²) >= 11 is 0. The third-order valence-electron chi connectivity index (χ3n) is 3.63. The van der Waals surface area contributed by atoms with E-state index < -0.39 is 0 Å². The van der Waals surface area contributed by atoms with Crippen LogP contribution in [0.4, 0.5) is 0 Å². The summed E-state index contributed by atoms with van der Waals surface area (Å²) in [6.07, 6.45) is 10.2. The second kappa shape index (κ2) is 9.47. The van der Waals surface area contributed by atoms with Crippen molar-refractivity contribution in [2.45, 2.75) is 58.8 Å². The summed E-state index contributed by atoms with van der Waals surface area (Å²) in [5.41, 5.74) is 0. The summed E-state index contributed by atoms with van der Waals surface area (Å²) in [5.74, 6) is 1.99. The standard InChI is InChI=1S/C13H27N.ClH/c1-3-8-13(11-14-4-2)12-9-6-5-7-10-12;/h12-14H,3-11H2,1-2H3;1H. The van der Waals surface area contributed by atoms with Crippen molar-refractivity contribution < 1.29 is 0 Å². The van der Waals surface area contributed by atoms with E-state index in [0.29, 0.717) is 0 Å². The lowest BCUT2D eigenvalue weighted by molar-refractivity contribution is 0.229. The Bertz CT molecular complexity index is 132. The monoisotopic (exact) mass is 233 g/mol. The molecular weight excluding hydrogens is 206 g/mol. The Kier molecular flexibility index (Phi) is 9.63. The minimum absolute atomic E-state index is 0. The highest BCUT2D eigenvalue weighted by atomic mass is 35.5. The van der Waals surface area contributed by atoms with Crippen molar-refractivity contribution in [3.8, 4) is 0 Å². The SMILES string of the molecule is CCCC(CNCC)C1CCCCC1.Cl. The first-order chi connectivity index (χ1) is 6.88. The zero-order valence-corrected chi connectivity index (χ0v) is 11.2. The maximum atomic E-state index is 3.53. The van der Waals surface area contributed by atoms with E-state index in [9.17, 15) is 0 Å². The molecular formula is C13H28ClN. The number of nitrogens with one attached hydrogen (secondary N) is 1. The molecule has 1 aliphatic rings. The van der Waals surface area contributed by atoms with Gasteiger partial charge in [-0.1, -0.05) is 52.4 Å². The summed E-state index contributed by atoms with van der Waals surface area (Å²) in [7, 11) is 0. The molecule has 0 amide bonds. The van der Waals surface area contributed by atoms with Gasteiger partial charge in [-0.2, -0.15) is 0 Å². The van der Waals surface area contributed by atoms with Gasteiger partial charge in [0.15, 0.2) is 0 Å². The molecule has 0 saturated heterocycles. The van der Waals surface area contributed by atoms with Crippen molar-refractivity contribution in [1.82, 2.24) is 5.32 Å². The highest BCUT2D eigenvalue weighted by molar-refractivity contribution is 5.85. The second-order valence-corrected chi connectivity index (χ2v) is 4.75. The molecule has 1 aliphatic carbocycles. The lowest BCUT2D eigenvalue weighted by atomic mass is 9.78. The van der Waals surface area contributed by atoms with E-state index in [4.69, 9.17) is 0 Å². The quantitative estimate of drug-likeness (QED) is 0.731. The molecule has 0 spiro atoms. The molecule has 0 aromatic carbocycles. The molecule has 1 N–H and O–H groups in total. The van der Waals surface area contributed by atoms with E-state index in [1.54, 1.807) is 0 Å². The Balaban J connectivity index is 0.00000196. The lowest BCUT2D eigenvalue weighted by Crippen LogP contribution is -2.29. The van der Waals surface area contributed by atoms with Crippen LogP contribution >= 0.6 is 12.4 Å². The number of rotatable bonds is 6. The fourth-order valence-electron chi connectivity index (χ4n) is 2.81.